The smallest absolute Gasteiger partial charge is 0.135 e. The van der Waals surface area contributed by atoms with Crippen molar-refractivity contribution < 1.29 is 47.4 Å². The molecule has 3 aliphatic rings. The van der Waals surface area contributed by atoms with Crippen LogP contribution in [0.2, 0.25) is 0 Å². The molecular weight excluding hydrogens is 568 g/mol. The van der Waals surface area contributed by atoms with E-state index in [1.165, 1.54) is 22.3 Å². The predicted octanol–water partition coefficient (Wildman–Crippen LogP) is 3.11. The zero-order valence-corrected chi connectivity index (χ0v) is 25.8. The Morgan fingerprint density at radius 1 is 0.341 bits per heavy atom. The van der Waals surface area contributed by atoms with E-state index in [1.54, 1.807) is 0 Å². The van der Waals surface area contributed by atoms with Gasteiger partial charge in [0.15, 0.2) is 0 Å². The molecule has 2 spiro atoms. The van der Waals surface area contributed by atoms with Crippen molar-refractivity contribution in [2.45, 2.75) is 17.4 Å². The molecule has 1 saturated heterocycles. The molecule has 0 N–H and O–H groups in total. The van der Waals surface area contributed by atoms with Crippen molar-refractivity contribution >= 4 is 0 Å². The Balaban J connectivity index is 1.09. The number of benzene rings is 2. The standard InChI is InChI=1S/C34H48O10/c1-2-7-30-29(6-1)33(30)28-43-25-24-41-21-20-39-18-16-37-14-12-35-10-5-11-36-13-15-38-17-19-40-22-23-42-26-27-44-34(33)31-8-3-4-9-32(31)34/h1-4,6-9H,5,10-28H2. The molecule has 0 atom stereocenters. The summed E-state index contributed by atoms with van der Waals surface area (Å²) in [6.45, 7) is 10.1. The second-order valence-electron chi connectivity index (χ2n) is 10.8. The minimum Gasteiger partial charge on any atom is -0.379 e. The molecule has 1 aliphatic heterocycles. The van der Waals surface area contributed by atoms with Crippen LogP contribution in [0.3, 0.4) is 0 Å². The third-order valence-corrected chi connectivity index (χ3v) is 8.05. The molecule has 10 heteroatoms. The van der Waals surface area contributed by atoms with E-state index < -0.39 is 5.60 Å². The normalized spacial score (nSPS) is 23.8. The third-order valence-electron chi connectivity index (χ3n) is 8.05. The van der Waals surface area contributed by atoms with E-state index >= 15 is 0 Å². The van der Waals surface area contributed by atoms with Gasteiger partial charge < -0.3 is 47.4 Å². The fraction of sp³-hybridized carbons (Fsp3) is 0.647. The van der Waals surface area contributed by atoms with Crippen LogP contribution in [0.5, 0.6) is 0 Å². The van der Waals surface area contributed by atoms with Gasteiger partial charge in [0.05, 0.1) is 118 Å². The molecule has 0 radical (unpaired) electrons. The van der Waals surface area contributed by atoms with Crippen LogP contribution in [0, 0.1) is 0 Å². The molecule has 1 fully saturated rings. The first-order valence-electron chi connectivity index (χ1n) is 15.9. The highest BCUT2D eigenvalue weighted by molar-refractivity contribution is 5.75. The molecule has 0 aromatic heterocycles. The van der Waals surface area contributed by atoms with Gasteiger partial charge in [-0.15, -0.1) is 0 Å². The number of fused-ring (bicyclic) bond motifs is 7. The first kappa shape index (κ1) is 33.4. The lowest BCUT2D eigenvalue weighted by Gasteiger charge is -2.29. The first-order chi connectivity index (χ1) is 21.9. The van der Waals surface area contributed by atoms with E-state index in [4.69, 9.17) is 47.4 Å². The summed E-state index contributed by atoms with van der Waals surface area (Å²) >= 11 is 0. The van der Waals surface area contributed by atoms with E-state index in [0.717, 1.165) is 6.42 Å². The first-order valence-corrected chi connectivity index (χ1v) is 15.9. The Morgan fingerprint density at radius 2 is 0.659 bits per heavy atom. The Hall–Kier alpha value is -1.96. The van der Waals surface area contributed by atoms with Gasteiger partial charge in [0.25, 0.3) is 0 Å². The Labute approximate surface area is 261 Å². The molecule has 2 aromatic rings. The molecule has 0 amide bonds. The quantitative estimate of drug-likeness (QED) is 0.440. The zero-order chi connectivity index (χ0) is 30.2. The van der Waals surface area contributed by atoms with Gasteiger partial charge in [0.2, 0.25) is 0 Å². The summed E-state index contributed by atoms with van der Waals surface area (Å²) in [7, 11) is 0. The molecule has 1 heterocycles. The third kappa shape index (κ3) is 8.64. The van der Waals surface area contributed by atoms with Crippen LogP contribution in [0.1, 0.15) is 28.7 Å². The lowest BCUT2D eigenvalue weighted by atomic mass is 9.88. The summed E-state index contributed by atoms with van der Waals surface area (Å²) in [6.07, 6.45) is 0.838. The highest BCUT2D eigenvalue weighted by atomic mass is 16.6. The summed E-state index contributed by atoms with van der Waals surface area (Å²) < 4.78 is 58.1. The van der Waals surface area contributed by atoms with Crippen molar-refractivity contribution in [3.63, 3.8) is 0 Å². The summed E-state index contributed by atoms with van der Waals surface area (Å²) in [5, 5.41) is 0. The molecule has 10 nitrogen and oxygen atoms in total. The van der Waals surface area contributed by atoms with Crippen LogP contribution in [0.15, 0.2) is 48.5 Å². The van der Waals surface area contributed by atoms with Crippen LogP contribution in [-0.4, -0.2) is 126 Å². The van der Waals surface area contributed by atoms with Crippen LogP contribution in [0.4, 0.5) is 0 Å². The van der Waals surface area contributed by atoms with Gasteiger partial charge in [-0.25, -0.2) is 0 Å². The molecule has 0 unspecified atom stereocenters. The van der Waals surface area contributed by atoms with Crippen molar-refractivity contribution in [1.29, 1.82) is 0 Å². The second-order valence-corrected chi connectivity index (χ2v) is 10.8. The fourth-order valence-corrected chi connectivity index (χ4v) is 5.91. The second kappa shape index (κ2) is 18.3. The lowest BCUT2D eigenvalue weighted by molar-refractivity contribution is -0.0719. The monoisotopic (exact) mass is 616 g/mol. The summed E-state index contributed by atoms with van der Waals surface area (Å²) in [4.78, 5) is 0. The number of hydrogen-bond donors (Lipinski definition) is 0. The maximum atomic E-state index is 6.74. The Kier molecular flexibility index (Phi) is 13.9. The minimum absolute atomic E-state index is 0.346. The van der Waals surface area contributed by atoms with Gasteiger partial charge in [-0.3, -0.25) is 0 Å². The van der Waals surface area contributed by atoms with E-state index in [-0.39, 0.29) is 5.41 Å². The summed E-state index contributed by atoms with van der Waals surface area (Å²) in [5.74, 6) is 0. The maximum absolute atomic E-state index is 6.74. The molecule has 2 aliphatic carbocycles. The van der Waals surface area contributed by atoms with Crippen molar-refractivity contribution in [2.24, 2.45) is 0 Å². The largest absolute Gasteiger partial charge is 0.379 e. The topological polar surface area (TPSA) is 92.3 Å². The molecule has 0 bridgehead atoms. The molecule has 2 aromatic carbocycles. The minimum atomic E-state index is -0.539. The Morgan fingerprint density at radius 3 is 1.07 bits per heavy atom. The van der Waals surface area contributed by atoms with Crippen molar-refractivity contribution in [2.75, 3.05) is 126 Å². The van der Waals surface area contributed by atoms with Gasteiger partial charge in [0, 0.05) is 13.2 Å². The SMILES string of the molecule is c1ccc2c(c1)C21COCCOCCOCCOCCOCCCOCCOCCOCCOCCOC12c1ccccc12. The summed E-state index contributed by atoms with van der Waals surface area (Å²) in [5.41, 5.74) is 4.11. The number of ether oxygens (including phenoxy) is 10. The molecular formula is C34H48O10. The maximum Gasteiger partial charge on any atom is 0.135 e. The van der Waals surface area contributed by atoms with Crippen molar-refractivity contribution in [3.8, 4) is 0 Å². The van der Waals surface area contributed by atoms with Crippen LogP contribution >= 0.6 is 0 Å². The molecule has 44 heavy (non-hydrogen) atoms. The zero-order valence-electron chi connectivity index (χ0n) is 25.8. The van der Waals surface area contributed by atoms with E-state index in [9.17, 15) is 0 Å². The predicted molar refractivity (Wildman–Crippen MR) is 162 cm³/mol. The van der Waals surface area contributed by atoms with E-state index in [1.807, 2.05) is 0 Å². The molecule has 5 rings (SSSR count). The van der Waals surface area contributed by atoms with Crippen LogP contribution in [0.25, 0.3) is 0 Å². The molecule has 244 valence electrons. The van der Waals surface area contributed by atoms with Crippen molar-refractivity contribution in [3.05, 3.63) is 70.8 Å². The van der Waals surface area contributed by atoms with Gasteiger partial charge in [-0.2, -0.15) is 0 Å². The fourth-order valence-electron chi connectivity index (χ4n) is 5.91. The number of hydrogen-bond acceptors (Lipinski definition) is 10. The van der Waals surface area contributed by atoms with Crippen LogP contribution in [-0.2, 0) is 58.4 Å². The highest BCUT2D eigenvalue weighted by Crippen LogP contribution is 2.71. The van der Waals surface area contributed by atoms with Gasteiger partial charge >= 0.3 is 0 Å². The number of rotatable bonds is 0. The lowest BCUT2D eigenvalue weighted by Crippen LogP contribution is -2.37. The highest BCUT2D eigenvalue weighted by Gasteiger charge is 2.74. The Bertz CT molecular complexity index is 964. The van der Waals surface area contributed by atoms with Crippen molar-refractivity contribution in [1.82, 2.24) is 0 Å². The van der Waals surface area contributed by atoms with Gasteiger partial charge in [-0.1, -0.05) is 48.5 Å². The average Bonchev–Trinajstić information content (AvgIpc) is 3.92. The van der Waals surface area contributed by atoms with E-state index in [0.29, 0.717) is 126 Å². The summed E-state index contributed by atoms with van der Waals surface area (Å²) in [6, 6.07) is 17.0. The molecule has 0 saturated carbocycles. The van der Waals surface area contributed by atoms with Gasteiger partial charge in [0.1, 0.15) is 5.60 Å². The van der Waals surface area contributed by atoms with Gasteiger partial charge in [-0.05, 0) is 28.7 Å². The van der Waals surface area contributed by atoms with Crippen LogP contribution < -0.4 is 0 Å². The average molecular weight is 617 g/mol. The van der Waals surface area contributed by atoms with E-state index in [2.05, 4.69) is 48.5 Å².